The molecule has 0 saturated heterocycles. The molecule has 0 saturated carbocycles. The van der Waals surface area contributed by atoms with E-state index >= 15 is 0 Å². The van der Waals surface area contributed by atoms with Crippen molar-refractivity contribution in [1.29, 1.82) is 0 Å². The molecule has 100 valence electrons. The van der Waals surface area contributed by atoms with Gasteiger partial charge in [0.05, 0.1) is 0 Å². The van der Waals surface area contributed by atoms with Crippen molar-refractivity contribution in [3.63, 3.8) is 0 Å². The standard InChI is InChI=1S/C14H17S.2ClH.Ti/c1-4-11-9-10-15-13(11)14(2,3)12-7-5-6-8-12;;;/h5,7,9-10H,4,6H2,1-3H3;2*1H;/q-1;;;. The van der Waals surface area contributed by atoms with Crippen LogP contribution in [0.25, 0.3) is 0 Å². The van der Waals surface area contributed by atoms with Gasteiger partial charge in [0.25, 0.3) is 0 Å². The molecule has 0 spiro atoms. The van der Waals surface area contributed by atoms with E-state index in [0.29, 0.717) is 0 Å². The van der Waals surface area contributed by atoms with Crippen LogP contribution in [0.1, 0.15) is 37.6 Å². The minimum atomic E-state index is 0. The largest absolute Gasteiger partial charge is 0.269 e. The maximum Gasteiger partial charge on any atom is 0.0147 e. The van der Waals surface area contributed by atoms with Gasteiger partial charge in [-0.1, -0.05) is 20.8 Å². The van der Waals surface area contributed by atoms with Crippen LogP contribution in [0.15, 0.2) is 29.2 Å². The Morgan fingerprint density at radius 1 is 1.33 bits per heavy atom. The second kappa shape index (κ2) is 8.61. The molecule has 18 heavy (non-hydrogen) atoms. The minimum Gasteiger partial charge on any atom is -0.269 e. The summed E-state index contributed by atoms with van der Waals surface area (Å²) in [6.45, 7) is 6.83. The monoisotopic (exact) mass is 337 g/mol. The Kier molecular flexibility index (Phi) is 9.94. The van der Waals surface area contributed by atoms with E-state index in [4.69, 9.17) is 0 Å². The van der Waals surface area contributed by atoms with Crippen LogP contribution in [-0.2, 0) is 33.6 Å². The van der Waals surface area contributed by atoms with E-state index in [9.17, 15) is 0 Å². The normalized spacial score (nSPS) is 13.2. The van der Waals surface area contributed by atoms with Crippen molar-refractivity contribution in [3.05, 3.63) is 45.7 Å². The summed E-state index contributed by atoms with van der Waals surface area (Å²) in [5.74, 6) is 0. The van der Waals surface area contributed by atoms with Gasteiger partial charge in [-0.25, -0.2) is 11.6 Å². The van der Waals surface area contributed by atoms with Crippen molar-refractivity contribution in [2.75, 3.05) is 0 Å². The molecule has 1 aliphatic rings. The molecule has 0 bridgehead atoms. The molecule has 1 aromatic heterocycles. The summed E-state index contributed by atoms with van der Waals surface area (Å²) in [6.07, 6.45) is 9.96. The van der Waals surface area contributed by atoms with Crippen LogP contribution in [0.2, 0.25) is 0 Å². The Balaban J connectivity index is 0. The minimum absolute atomic E-state index is 0. The van der Waals surface area contributed by atoms with Crippen LogP contribution >= 0.6 is 36.2 Å². The van der Waals surface area contributed by atoms with Gasteiger partial charge in [0.15, 0.2) is 0 Å². The molecule has 0 aliphatic heterocycles. The number of thiophene rings is 1. The molecule has 2 rings (SSSR count). The molecular weight excluding hydrogens is 319 g/mol. The second-order valence-electron chi connectivity index (χ2n) is 4.45. The van der Waals surface area contributed by atoms with Crippen molar-refractivity contribution >= 4 is 36.2 Å². The quantitative estimate of drug-likeness (QED) is 0.530. The fraction of sp³-hybridized carbons (Fsp3) is 0.429. The molecule has 0 N–H and O–H groups in total. The zero-order valence-electron chi connectivity index (χ0n) is 10.9. The van der Waals surface area contributed by atoms with Gasteiger partial charge in [0.2, 0.25) is 0 Å². The summed E-state index contributed by atoms with van der Waals surface area (Å²) >= 11 is 1.87. The van der Waals surface area contributed by atoms with Crippen molar-refractivity contribution in [3.8, 4) is 0 Å². The second-order valence-corrected chi connectivity index (χ2v) is 5.37. The number of rotatable bonds is 3. The molecule has 0 amide bonds. The molecule has 0 aromatic carbocycles. The average molecular weight is 338 g/mol. The van der Waals surface area contributed by atoms with Crippen LogP contribution in [0.5, 0.6) is 0 Å². The Bertz CT molecular complexity index is 419. The van der Waals surface area contributed by atoms with Gasteiger partial charge < -0.3 is 0 Å². The van der Waals surface area contributed by atoms with Gasteiger partial charge in [-0.15, -0.1) is 42.6 Å². The van der Waals surface area contributed by atoms with E-state index in [2.05, 4.69) is 50.4 Å². The molecule has 4 heteroatoms. The zero-order valence-corrected chi connectivity index (χ0v) is 15.0. The summed E-state index contributed by atoms with van der Waals surface area (Å²) in [7, 11) is 0. The Morgan fingerprint density at radius 3 is 2.50 bits per heavy atom. The van der Waals surface area contributed by atoms with Crippen molar-refractivity contribution in [2.45, 2.75) is 39.0 Å². The Morgan fingerprint density at radius 2 is 2.00 bits per heavy atom. The first-order valence-corrected chi connectivity index (χ1v) is 6.39. The predicted molar refractivity (Wildman–Crippen MR) is 81.7 cm³/mol. The van der Waals surface area contributed by atoms with Gasteiger partial charge in [0.1, 0.15) is 0 Å². The summed E-state index contributed by atoms with van der Waals surface area (Å²) in [6, 6.07) is 2.25. The molecule has 0 radical (unpaired) electrons. The summed E-state index contributed by atoms with van der Waals surface area (Å²) in [5.41, 5.74) is 2.96. The topological polar surface area (TPSA) is 0 Å². The van der Waals surface area contributed by atoms with Crippen molar-refractivity contribution in [1.82, 2.24) is 0 Å². The fourth-order valence-electron chi connectivity index (χ4n) is 2.12. The first-order valence-electron chi connectivity index (χ1n) is 5.51. The number of hydrogen-bond acceptors (Lipinski definition) is 1. The van der Waals surface area contributed by atoms with Gasteiger partial charge in [-0.3, -0.25) is 6.08 Å². The molecular formula is C14H19Cl2STi-. The Hall–Kier alpha value is 0.474. The van der Waals surface area contributed by atoms with Crippen LogP contribution in [0, 0.1) is 6.08 Å². The molecule has 0 nitrogen and oxygen atoms in total. The van der Waals surface area contributed by atoms with Gasteiger partial charge in [-0.2, -0.15) is 6.08 Å². The van der Waals surface area contributed by atoms with E-state index < -0.39 is 0 Å². The van der Waals surface area contributed by atoms with Gasteiger partial charge in [0, 0.05) is 26.6 Å². The maximum absolute atomic E-state index is 3.45. The molecule has 1 aromatic rings. The van der Waals surface area contributed by atoms with Gasteiger partial charge >= 0.3 is 0 Å². The predicted octanol–water partition coefficient (Wildman–Crippen LogP) is 5.12. The summed E-state index contributed by atoms with van der Waals surface area (Å²) < 4.78 is 0. The SMILES string of the molecule is CCc1ccsc1C(C)(C)C1=[C-]CC=C1.Cl.Cl.[Ti]. The van der Waals surface area contributed by atoms with Crippen LogP contribution in [0.3, 0.4) is 0 Å². The first-order chi connectivity index (χ1) is 7.16. The number of aryl methyl sites for hydroxylation is 1. The third-order valence-electron chi connectivity index (χ3n) is 3.06. The van der Waals surface area contributed by atoms with E-state index in [-0.39, 0.29) is 51.9 Å². The van der Waals surface area contributed by atoms with E-state index in [1.807, 2.05) is 11.3 Å². The molecule has 0 unspecified atom stereocenters. The van der Waals surface area contributed by atoms with E-state index in [0.717, 1.165) is 12.8 Å². The third kappa shape index (κ3) is 3.98. The van der Waals surface area contributed by atoms with E-state index in [1.54, 1.807) is 0 Å². The zero-order chi connectivity index (χ0) is 10.9. The first kappa shape index (κ1) is 20.8. The number of hydrogen-bond donors (Lipinski definition) is 0. The molecule has 0 atom stereocenters. The van der Waals surface area contributed by atoms with Crippen molar-refractivity contribution < 1.29 is 21.7 Å². The average Bonchev–Trinajstić information content (AvgIpc) is 2.89. The van der Waals surface area contributed by atoms with Crippen LogP contribution in [-0.4, -0.2) is 0 Å². The molecule has 1 heterocycles. The smallest absolute Gasteiger partial charge is 0.0147 e. The van der Waals surface area contributed by atoms with E-state index in [1.165, 1.54) is 16.0 Å². The third-order valence-corrected chi connectivity index (χ3v) is 4.34. The number of halogens is 2. The maximum atomic E-state index is 3.45. The van der Waals surface area contributed by atoms with Crippen LogP contribution < -0.4 is 0 Å². The Labute approximate surface area is 142 Å². The summed E-state index contributed by atoms with van der Waals surface area (Å²) in [4.78, 5) is 1.50. The molecule has 1 aliphatic carbocycles. The molecule has 0 fully saturated rings. The van der Waals surface area contributed by atoms with Crippen molar-refractivity contribution in [2.24, 2.45) is 0 Å². The van der Waals surface area contributed by atoms with Crippen LogP contribution in [0.4, 0.5) is 0 Å². The fourth-order valence-corrected chi connectivity index (χ4v) is 3.26. The van der Waals surface area contributed by atoms with Gasteiger partial charge in [-0.05, 0) is 28.8 Å². The number of allylic oxidation sites excluding steroid dienone is 4. The summed E-state index contributed by atoms with van der Waals surface area (Å²) in [5, 5.41) is 2.20.